The number of hydrogen-bond acceptors (Lipinski definition) is 5. The van der Waals surface area contributed by atoms with E-state index in [0.717, 1.165) is 22.8 Å². The third-order valence-electron chi connectivity index (χ3n) is 2.53. The van der Waals surface area contributed by atoms with Crippen molar-refractivity contribution in [3.8, 4) is 11.4 Å². The van der Waals surface area contributed by atoms with Crippen molar-refractivity contribution in [3.05, 3.63) is 47.9 Å². The summed E-state index contributed by atoms with van der Waals surface area (Å²) in [6, 6.07) is 11.8. The molecule has 0 fully saturated rings. The standard InChI is InChI=1S/C13H12N4OS/c1-9-7-11(18-17-9)8-19-13-14-12(15-16-13)10-5-3-2-4-6-10/h2-7H,8H2,1H3,(H,14,15,16). The van der Waals surface area contributed by atoms with Crippen molar-refractivity contribution >= 4 is 11.8 Å². The number of rotatable bonds is 4. The third kappa shape index (κ3) is 2.85. The molecule has 3 aromatic rings. The minimum absolute atomic E-state index is 0.674. The van der Waals surface area contributed by atoms with Gasteiger partial charge in [0.2, 0.25) is 5.16 Å². The number of aryl methyl sites for hydroxylation is 1. The van der Waals surface area contributed by atoms with Crippen molar-refractivity contribution < 1.29 is 4.52 Å². The zero-order chi connectivity index (χ0) is 13.1. The fourth-order valence-electron chi connectivity index (χ4n) is 1.66. The Morgan fingerprint density at radius 2 is 2.11 bits per heavy atom. The van der Waals surface area contributed by atoms with Crippen LogP contribution in [0.2, 0.25) is 0 Å². The van der Waals surface area contributed by atoms with E-state index in [-0.39, 0.29) is 0 Å². The Labute approximate surface area is 114 Å². The molecule has 2 heterocycles. The molecule has 0 bridgehead atoms. The predicted octanol–water partition coefficient (Wildman–Crippen LogP) is 3.06. The fraction of sp³-hybridized carbons (Fsp3) is 0.154. The summed E-state index contributed by atoms with van der Waals surface area (Å²) in [7, 11) is 0. The van der Waals surface area contributed by atoms with E-state index < -0.39 is 0 Å². The molecule has 5 nitrogen and oxygen atoms in total. The SMILES string of the molecule is Cc1cc(CSc2n[nH]c(-c3ccccc3)n2)on1. The zero-order valence-electron chi connectivity index (χ0n) is 10.3. The molecule has 19 heavy (non-hydrogen) atoms. The molecule has 0 amide bonds. The van der Waals surface area contributed by atoms with Crippen molar-refractivity contribution in [1.82, 2.24) is 20.3 Å². The lowest BCUT2D eigenvalue weighted by Gasteiger charge is -1.93. The Morgan fingerprint density at radius 3 is 2.84 bits per heavy atom. The highest BCUT2D eigenvalue weighted by Gasteiger charge is 2.07. The van der Waals surface area contributed by atoms with Crippen LogP contribution in [0.3, 0.4) is 0 Å². The Kier molecular flexibility index (Phi) is 3.33. The predicted molar refractivity (Wildman–Crippen MR) is 72.6 cm³/mol. The van der Waals surface area contributed by atoms with Crippen LogP contribution in [-0.4, -0.2) is 20.3 Å². The first-order valence-electron chi connectivity index (χ1n) is 5.84. The smallest absolute Gasteiger partial charge is 0.209 e. The number of aromatic amines is 1. The highest BCUT2D eigenvalue weighted by Crippen LogP contribution is 2.22. The number of H-pyrrole nitrogens is 1. The maximum Gasteiger partial charge on any atom is 0.209 e. The molecule has 0 aliphatic heterocycles. The molecule has 0 aliphatic rings. The van der Waals surface area contributed by atoms with Gasteiger partial charge in [-0.05, 0) is 6.92 Å². The van der Waals surface area contributed by atoms with Crippen LogP contribution >= 0.6 is 11.8 Å². The van der Waals surface area contributed by atoms with Crippen LogP contribution in [0.15, 0.2) is 46.1 Å². The molecule has 1 aromatic carbocycles. The number of nitrogens with zero attached hydrogens (tertiary/aromatic N) is 3. The molecule has 6 heteroatoms. The summed E-state index contributed by atoms with van der Waals surface area (Å²) in [6.45, 7) is 1.90. The maximum absolute atomic E-state index is 5.14. The molecule has 2 aromatic heterocycles. The van der Waals surface area contributed by atoms with Gasteiger partial charge in [0.05, 0.1) is 11.4 Å². The van der Waals surface area contributed by atoms with E-state index in [0.29, 0.717) is 10.9 Å². The molecular formula is C13H12N4OS. The van der Waals surface area contributed by atoms with E-state index in [1.165, 1.54) is 11.8 Å². The molecule has 0 aliphatic carbocycles. The number of aromatic nitrogens is 4. The van der Waals surface area contributed by atoms with Crippen molar-refractivity contribution in [2.45, 2.75) is 17.8 Å². The number of thioether (sulfide) groups is 1. The Balaban J connectivity index is 1.68. The van der Waals surface area contributed by atoms with Gasteiger partial charge >= 0.3 is 0 Å². The number of hydrogen-bond donors (Lipinski definition) is 1. The topological polar surface area (TPSA) is 67.6 Å². The van der Waals surface area contributed by atoms with Crippen molar-refractivity contribution in [2.75, 3.05) is 0 Å². The van der Waals surface area contributed by atoms with Crippen molar-refractivity contribution in [2.24, 2.45) is 0 Å². The minimum atomic E-state index is 0.674. The first kappa shape index (κ1) is 12.0. The van der Waals surface area contributed by atoms with E-state index in [2.05, 4.69) is 20.3 Å². The minimum Gasteiger partial charge on any atom is -0.360 e. The van der Waals surface area contributed by atoms with Gasteiger partial charge in [-0.15, -0.1) is 5.10 Å². The zero-order valence-corrected chi connectivity index (χ0v) is 11.1. The summed E-state index contributed by atoms with van der Waals surface area (Å²) in [5, 5.41) is 11.7. The lowest BCUT2D eigenvalue weighted by Crippen LogP contribution is -1.80. The van der Waals surface area contributed by atoms with Crippen LogP contribution in [0, 0.1) is 6.92 Å². The second kappa shape index (κ2) is 5.27. The van der Waals surface area contributed by atoms with Crippen LogP contribution in [-0.2, 0) is 5.75 Å². The Bertz CT molecular complexity index is 662. The summed E-state index contributed by atoms with van der Waals surface area (Å²) >= 11 is 1.52. The summed E-state index contributed by atoms with van der Waals surface area (Å²) in [6.07, 6.45) is 0. The summed E-state index contributed by atoms with van der Waals surface area (Å²) in [4.78, 5) is 4.44. The highest BCUT2D eigenvalue weighted by molar-refractivity contribution is 7.98. The van der Waals surface area contributed by atoms with E-state index in [4.69, 9.17) is 4.52 Å². The van der Waals surface area contributed by atoms with Crippen molar-refractivity contribution in [1.29, 1.82) is 0 Å². The average Bonchev–Trinajstić information content (AvgIpc) is 3.06. The third-order valence-corrected chi connectivity index (χ3v) is 3.40. The van der Waals surface area contributed by atoms with E-state index in [9.17, 15) is 0 Å². The molecule has 0 unspecified atom stereocenters. The van der Waals surface area contributed by atoms with Crippen LogP contribution in [0.5, 0.6) is 0 Å². The summed E-state index contributed by atoms with van der Waals surface area (Å²) in [5.74, 6) is 2.28. The lowest BCUT2D eigenvalue weighted by atomic mass is 10.2. The van der Waals surface area contributed by atoms with Crippen LogP contribution in [0.25, 0.3) is 11.4 Å². The molecule has 1 N–H and O–H groups in total. The first-order valence-corrected chi connectivity index (χ1v) is 6.82. The van der Waals surface area contributed by atoms with E-state index in [1.54, 1.807) is 0 Å². The number of nitrogens with one attached hydrogen (secondary N) is 1. The normalized spacial score (nSPS) is 10.8. The number of benzene rings is 1. The molecule has 96 valence electrons. The van der Waals surface area contributed by atoms with Gasteiger partial charge in [-0.1, -0.05) is 47.3 Å². The largest absolute Gasteiger partial charge is 0.360 e. The average molecular weight is 272 g/mol. The van der Waals surface area contributed by atoms with E-state index in [1.807, 2.05) is 43.3 Å². The molecule has 0 saturated carbocycles. The van der Waals surface area contributed by atoms with Crippen LogP contribution in [0.4, 0.5) is 0 Å². The van der Waals surface area contributed by atoms with Crippen LogP contribution < -0.4 is 0 Å². The van der Waals surface area contributed by atoms with Gasteiger partial charge in [0, 0.05) is 11.6 Å². The van der Waals surface area contributed by atoms with Gasteiger partial charge in [-0.2, -0.15) is 0 Å². The Hall–Kier alpha value is -2.08. The van der Waals surface area contributed by atoms with Gasteiger partial charge in [0.25, 0.3) is 0 Å². The second-order valence-electron chi connectivity index (χ2n) is 4.06. The van der Waals surface area contributed by atoms with Gasteiger partial charge in [0.15, 0.2) is 5.82 Å². The maximum atomic E-state index is 5.14. The van der Waals surface area contributed by atoms with Gasteiger partial charge in [0.1, 0.15) is 5.76 Å². The molecule has 3 rings (SSSR count). The summed E-state index contributed by atoms with van der Waals surface area (Å²) < 4.78 is 5.14. The molecule has 0 radical (unpaired) electrons. The molecular weight excluding hydrogens is 260 g/mol. The fourth-order valence-corrected chi connectivity index (χ4v) is 2.33. The monoisotopic (exact) mass is 272 g/mol. The molecule has 0 atom stereocenters. The van der Waals surface area contributed by atoms with Gasteiger partial charge in [-0.3, -0.25) is 5.10 Å². The van der Waals surface area contributed by atoms with Crippen LogP contribution in [0.1, 0.15) is 11.5 Å². The lowest BCUT2D eigenvalue weighted by molar-refractivity contribution is 0.391. The van der Waals surface area contributed by atoms with Crippen molar-refractivity contribution in [3.63, 3.8) is 0 Å². The summed E-state index contributed by atoms with van der Waals surface area (Å²) in [5.41, 5.74) is 1.91. The highest BCUT2D eigenvalue weighted by atomic mass is 32.2. The van der Waals surface area contributed by atoms with Gasteiger partial charge in [-0.25, -0.2) is 4.98 Å². The molecule has 0 saturated heterocycles. The second-order valence-corrected chi connectivity index (χ2v) is 5.00. The first-order chi connectivity index (χ1) is 9.31. The van der Waals surface area contributed by atoms with Gasteiger partial charge < -0.3 is 4.52 Å². The van der Waals surface area contributed by atoms with E-state index >= 15 is 0 Å². The molecule has 0 spiro atoms. The Morgan fingerprint density at radius 1 is 1.26 bits per heavy atom. The quantitative estimate of drug-likeness (QED) is 0.739.